The molecule has 18 heavy (non-hydrogen) atoms. The van der Waals surface area contributed by atoms with Crippen molar-refractivity contribution in [3.05, 3.63) is 29.6 Å². The van der Waals surface area contributed by atoms with Crippen molar-refractivity contribution < 1.29 is 4.39 Å². The smallest absolute Gasteiger partial charge is 0.146 e. The van der Waals surface area contributed by atoms with Crippen molar-refractivity contribution in [3.63, 3.8) is 0 Å². The largest absolute Gasteiger partial charge is 0.369 e. The summed E-state index contributed by atoms with van der Waals surface area (Å²) in [5.74, 6) is -0.0803. The number of hydrogen-bond donors (Lipinski definition) is 1. The SMILES string of the molecule is CNCc1cccc(F)c1N1CCCCCCC1. The van der Waals surface area contributed by atoms with Crippen LogP contribution < -0.4 is 10.2 Å². The van der Waals surface area contributed by atoms with Crippen LogP contribution in [0.5, 0.6) is 0 Å². The van der Waals surface area contributed by atoms with E-state index in [1.165, 1.54) is 32.1 Å². The van der Waals surface area contributed by atoms with E-state index in [4.69, 9.17) is 0 Å². The molecule has 0 spiro atoms. The molecule has 0 amide bonds. The Bertz CT molecular complexity index is 371. The molecule has 100 valence electrons. The van der Waals surface area contributed by atoms with Crippen LogP contribution in [-0.2, 0) is 6.54 Å². The Morgan fingerprint density at radius 3 is 2.44 bits per heavy atom. The molecular formula is C15H23FN2. The highest BCUT2D eigenvalue weighted by Crippen LogP contribution is 2.26. The molecule has 1 aromatic rings. The van der Waals surface area contributed by atoms with Crippen molar-refractivity contribution in [1.82, 2.24) is 5.32 Å². The van der Waals surface area contributed by atoms with Crippen LogP contribution in [0.3, 0.4) is 0 Å². The van der Waals surface area contributed by atoms with Crippen LogP contribution in [-0.4, -0.2) is 20.1 Å². The van der Waals surface area contributed by atoms with Gasteiger partial charge in [-0.1, -0.05) is 31.4 Å². The Labute approximate surface area is 109 Å². The summed E-state index contributed by atoms with van der Waals surface area (Å²) in [5, 5.41) is 3.13. The molecule has 0 aromatic heterocycles. The van der Waals surface area contributed by atoms with E-state index in [2.05, 4.69) is 10.2 Å². The van der Waals surface area contributed by atoms with Crippen LogP contribution in [0.2, 0.25) is 0 Å². The minimum Gasteiger partial charge on any atom is -0.369 e. The van der Waals surface area contributed by atoms with Crippen molar-refractivity contribution in [2.24, 2.45) is 0 Å². The zero-order valence-electron chi connectivity index (χ0n) is 11.2. The minimum absolute atomic E-state index is 0.0803. The first-order chi connectivity index (χ1) is 8.83. The van der Waals surface area contributed by atoms with E-state index in [1.54, 1.807) is 12.1 Å². The van der Waals surface area contributed by atoms with E-state index in [0.717, 1.165) is 30.9 Å². The quantitative estimate of drug-likeness (QED) is 0.885. The molecule has 0 aliphatic carbocycles. The summed E-state index contributed by atoms with van der Waals surface area (Å²) in [6.45, 7) is 2.69. The molecule has 2 rings (SSSR count). The fraction of sp³-hybridized carbons (Fsp3) is 0.600. The number of rotatable bonds is 3. The molecule has 1 saturated heterocycles. The molecule has 2 nitrogen and oxygen atoms in total. The van der Waals surface area contributed by atoms with Crippen LogP contribution in [0, 0.1) is 5.82 Å². The van der Waals surface area contributed by atoms with Gasteiger partial charge in [-0.25, -0.2) is 4.39 Å². The maximum atomic E-state index is 14.1. The summed E-state index contributed by atoms with van der Waals surface area (Å²) in [6.07, 6.45) is 6.22. The highest BCUT2D eigenvalue weighted by molar-refractivity contribution is 5.55. The summed E-state index contributed by atoms with van der Waals surface area (Å²) in [7, 11) is 1.90. The first kappa shape index (κ1) is 13.3. The summed E-state index contributed by atoms with van der Waals surface area (Å²) >= 11 is 0. The number of hydrogen-bond acceptors (Lipinski definition) is 2. The number of anilines is 1. The van der Waals surface area contributed by atoms with Crippen molar-refractivity contribution in [2.75, 3.05) is 25.0 Å². The fourth-order valence-corrected chi connectivity index (χ4v) is 2.72. The molecule has 1 N–H and O–H groups in total. The molecule has 1 aliphatic heterocycles. The fourth-order valence-electron chi connectivity index (χ4n) is 2.72. The topological polar surface area (TPSA) is 15.3 Å². The molecule has 0 atom stereocenters. The van der Waals surface area contributed by atoms with Gasteiger partial charge < -0.3 is 10.2 Å². The lowest BCUT2D eigenvalue weighted by molar-refractivity contribution is 0.542. The number of nitrogens with one attached hydrogen (secondary N) is 1. The van der Waals surface area contributed by atoms with Crippen LogP contribution in [0.15, 0.2) is 18.2 Å². The third kappa shape index (κ3) is 3.22. The molecular weight excluding hydrogens is 227 g/mol. The Morgan fingerprint density at radius 2 is 1.78 bits per heavy atom. The standard InChI is InChI=1S/C15H23FN2/c1-17-12-13-8-7-9-14(16)15(13)18-10-5-3-2-4-6-11-18/h7-9,17H,2-6,10-12H2,1H3. The summed E-state index contributed by atoms with van der Waals surface area (Å²) in [6, 6.07) is 5.40. The number of para-hydroxylation sites is 1. The average molecular weight is 250 g/mol. The van der Waals surface area contributed by atoms with Crippen LogP contribution in [0.25, 0.3) is 0 Å². The van der Waals surface area contributed by atoms with Crippen LogP contribution in [0.4, 0.5) is 10.1 Å². The lowest BCUT2D eigenvalue weighted by Crippen LogP contribution is -2.29. The van der Waals surface area contributed by atoms with Crippen LogP contribution >= 0.6 is 0 Å². The van der Waals surface area contributed by atoms with Gasteiger partial charge in [-0.3, -0.25) is 0 Å². The van der Waals surface area contributed by atoms with Gasteiger partial charge in [0.1, 0.15) is 5.82 Å². The van der Waals surface area contributed by atoms with Gasteiger partial charge in [0.25, 0.3) is 0 Å². The van der Waals surface area contributed by atoms with Gasteiger partial charge in [0.2, 0.25) is 0 Å². The van der Waals surface area contributed by atoms with E-state index in [1.807, 2.05) is 13.1 Å². The maximum absolute atomic E-state index is 14.1. The van der Waals surface area contributed by atoms with E-state index < -0.39 is 0 Å². The molecule has 0 unspecified atom stereocenters. The maximum Gasteiger partial charge on any atom is 0.146 e. The van der Waals surface area contributed by atoms with Crippen molar-refractivity contribution in [3.8, 4) is 0 Å². The predicted molar refractivity (Wildman–Crippen MR) is 74.5 cm³/mol. The summed E-state index contributed by atoms with van der Waals surface area (Å²) in [5.41, 5.74) is 1.88. The third-order valence-corrected chi connectivity index (χ3v) is 3.61. The lowest BCUT2D eigenvalue weighted by Gasteiger charge is -2.29. The Morgan fingerprint density at radius 1 is 1.11 bits per heavy atom. The monoisotopic (exact) mass is 250 g/mol. The van der Waals surface area contributed by atoms with Gasteiger partial charge in [-0.15, -0.1) is 0 Å². The van der Waals surface area contributed by atoms with E-state index >= 15 is 0 Å². The molecule has 1 fully saturated rings. The number of nitrogens with zero attached hydrogens (tertiary/aromatic N) is 1. The number of benzene rings is 1. The molecule has 1 aliphatic rings. The van der Waals surface area contributed by atoms with E-state index in [9.17, 15) is 4.39 Å². The summed E-state index contributed by atoms with van der Waals surface area (Å²) in [4.78, 5) is 2.24. The zero-order chi connectivity index (χ0) is 12.8. The highest BCUT2D eigenvalue weighted by Gasteiger charge is 2.16. The molecule has 1 aromatic carbocycles. The second-order valence-corrected chi connectivity index (χ2v) is 5.03. The highest BCUT2D eigenvalue weighted by atomic mass is 19.1. The molecule has 0 saturated carbocycles. The van der Waals surface area contributed by atoms with Crippen LogP contribution in [0.1, 0.15) is 37.7 Å². The second kappa shape index (κ2) is 6.74. The van der Waals surface area contributed by atoms with Gasteiger partial charge in [0.05, 0.1) is 5.69 Å². The van der Waals surface area contributed by atoms with Crippen molar-refractivity contribution in [1.29, 1.82) is 0 Å². The Balaban J connectivity index is 2.23. The first-order valence-electron chi connectivity index (χ1n) is 7.00. The Kier molecular flexibility index (Phi) is 5.00. The van der Waals surface area contributed by atoms with Gasteiger partial charge in [-0.05, 0) is 31.5 Å². The van der Waals surface area contributed by atoms with Gasteiger partial charge in [0, 0.05) is 19.6 Å². The normalized spacial score (nSPS) is 17.3. The van der Waals surface area contributed by atoms with Gasteiger partial charge >= 0.3 is 0 Å². The average Bonchev–Trinajstić information content (AvgIpc) is 2.31. The predicted octanol–water partition coefficient (Wildman–Crippen LogP) is 3.32. The van der Waals surface area contributed by atoms with Gasteiger partial charge in [0.15, 0.2) is 0 Å². The van der Waals surface area contributed by atoms with E-state index in [-0.39, 0.29) is 5.82 Å². The zero-order valence-corrected chi connectivity index (χ0v) is 11.2. The first-order valence-corrected chi connectivity index (χ1v) is 7.00. The van der Waals surface area contributed by atoms with Gasteiger partial charge in [-0.2, -0.15) is 0 Å². The minimum atomic E-state index is -0.0803. The molecule has 0 bridgehead atoms. The number of halogens is 1. The molecule has 1 heterocycles. The Hall–Kier alpha value is -1.09. The molecule has 3 heteroatoms. The summed E-state index contributed by atoms with van der Waals surface area (Å²) < 4.78 is 14.1. The van der Waals surface area contributed by atoms with E-state index in [0.29, 0.717) is 0 Å². The van der Waals surface area contributed by atoms with Crippen molar-refractivity contribution in [2.45, 2.75) is 38.6 Å². The molecule has 0 radical (unpaired) electrons. The third-order valence-electron chi connectivity index (χ3n) is 3.61. The van der Waals surface area contributed by atoms with Crippen molar-refractivity contribution >= 4 is 5.69 Å². The second-order valence-electron chi connectivity index (χ2n) is 5.03. The lowest BCUT2D eigenvalue weighted by atomic mass is 10.1.